The Morgan fingerprint density at radius 3 is 2.38 bits per heavy atom. The molecule has 2 aromatic rings. The molecule has 0 heterocycles. The molecule has 7 heteroatoms. The first-order valence-corrected chi connectivity index (χ1v) is 8.93. The summed E-state index contributed by atoms with van der Waals surface area (Å²) in [5.41, 5.74) is 1.07. The van der Waals surface area contributed by atoms with Gasteiger partial charge in [-0.05, 0) is 55.3 Å². The molecule has 0 unspecified atom stereocenters. The molecule has 1 aliphatic rings. The van der Waals surface area contributed by atoms with Crippen molar-refractivity contribution in [1.82, 2.24) is 4.90 Å². The van der Waals surface area contributed by atoms with Crippen LogP contribution in [0.1, 0.15) is 23.2 Å². The monoisotopic (exact) mass is 392 g/mol. The van der Waals surface area contributed by atoms with Crippen molar-refractivity contribution < 1.29 is 14.3 Å². The molecule has 1 N–H and O–H groups in total. The number of rotatable bonds is 6. The maximum Gasteiger partial charge on any atom is 0.254 e. The molecule has 2 aromatic carbocycles. The number of ether oxygens (including phenoxy) is 1. The second kappa shape index (κ2) is 7.98. The Hall–Kier alpha value is -2.24. The van der Waals surface area contributed by atoms with Gasteiger partial charge in [0.2, 0.25) is 5.91 Å². The predicted molar refractivity (Wildman–Crippen MR) is 102 cm³/mol. The number of nitrogens with one attached hydrogen (secondary N) is 1. The van der Waals surface area contributed by atoms with E-state index in [9.17, 15) is 9.59 Å². The van der Waals surface area contributed by atoms with E-state index in [0.717, 1.165) is 12.8 Å². The third-order valence-electron chi connectivity index (χ3n) is 4.10. The second-order valence-corrected chi connectivity index (χ2v) is 6.88. The van der Waals surface area contributed by atoms with E-state index in [4.69, 9.17) is 27.9 Å². The van der Waals surface area contributed by atoms with Crippen LogP contribution < -0.4 is 10.1 Å². The molecule has 0 saturated heterocycles. The van der Waals surface area contributed by atoms with Gasteiger partial charge in [-0.3, -0.25) is 9.59 Å². The normalized spacial score (nSPS) is 13.2. The van der Waals surface area contributed by atoms with Gasteiger partial charge in [-0.15, -0.1) is 0 Å². The minimum absolute atomic E-state index is 0.0181. The van der Waals surface area contributed by atoms with Crippen molar-refractivity contribution >= 4 is 40.7 Å². The molecule has 0 aromatic heterocycles. The molecule has 1 saturated carbocycles. The quantitative estimate of drug-likeness (QED) is 0.799. The third-order valence-corrected chi connectivity index (χ3v) is 4.84. The molecular weight excluding hydrogens is 375 g/mol. The van der Waals surface area contributed by atoms with Crippen LogP contribution >= 0.6 is 23.2 Å². The molecule has 0 atom stereocenters. The van der Waals surface area contributed by atoms with Gasteiger partial charge < -0.3 is 15.0 Å². The molecule has 1 aliphatic carbocycles. The summed E-state index contributed by atoms with van der Waals surface area (Å²) in [6.07, 6.45) is 1.81. The van der Waals surface area contributed by atoms with Gasteiger partial charge in [0.1, 0.15) is 12.3 Å². The minimum Gasteiger partial charge on any atom is -0.497 e. The Morgan fingerprint density at radius 1 is 1.12 bits per heavy atom. The van der Waals surface area contributed by atoms with Crippen LogP contribution in [0.5, 0.6) is 5.75 Å². The Balaban J connectivity index is 1.68. The van der Waals surface area contributed by atoms with Crippen molar-refractivity contribution in [3.63, 3.8) is 0 Å². The van der Waals surface area contributed by atoms with Crippen LogP contribution in [0.3, 0.4) is 0 Å². The van der Waals surface area contributed by atoms with Gasteiger partial charge in [-0.25, -0.2) is 0 Å². The summed E-state index contributed by atoms with van der Waals surface area (Å²) >= 11 is 11.8. The van der Waals surface area contributed by atoms with Gasteiger partial charge in [0.25, 0.3) is 5.91 Å². The van der Waals surface area contributed by atoms with Gasteiger partial charge >= 0.3 is 0 Å². The molecule has 0 aliphatic heterocycles. The largest absolute Gasteiger partial charge is 0.497 e. The van der Waals surface area contributed by atoms with Crippen LogP contribution in [0.2, 0.25) is 10.0 Å². The van der Waals surface area contributed by atoms with E-state index < -0.39 is 0 Å². The summed E-state index contributed by atoms with van der Waals surface area (Å²) in [4.78, 5) is 26.8. The zero-order valence-corrected chi connectivity index (χ0v) is 15.7. The van der Waals surface area contributed by atoms with Gasteiger partial charge in [0.05, 0.1) is 17.2 Å². The van der Waals surface area contributed by atoms with E-state index in [2.05, 4.69) is 5.32 Å². The number of hydrogen-bond acceptors (Lipinski definition) is 3. The summed E-state index contributed by atoms with van der Waals surface area (Å²) in [6.45, 7) is -0.0181. The van der Waals surface area contributed by atoms with E-state index >= 15 is 0 Å². The third kappa shape index (κ3) is 4.48. The van der Waals surface area contributed by atoms with Crippen LogP contribution in [0.25, 0.3) is 0 Å². The second-order valence-electron chi connectivity index (χ2n) is 6.07. The molecular formula is C19H18Cl2N2O3. The lowest BCUT2D eigenvalue weighted by Crippen LogP contribution is -2.39. The molecule has 1 fully saturated rings. The van der Waals surface area contributed by atoms with Gasteiger partial charge in [-0.2, -0.15) is 0 Å². The summed E-state index contributed by atoms with van der Waals surface area (Å²) in [6, 6.07) is 11.8. The zero-order chi connectivity index (χ0) is 18.7. The standard InChI is InChI=1S/C19H18Cl2N2O3/c1-26-15-7-2-12(3-8-15)19(25)23(14-5-6-14)11-18(24)22-13-4-9-16(20)17(21)10-13/h2-4,7-10,14H,5-6,11H2,1H3,(H,22,24). The van der Waals surface area contributed by atoms with Crippen LogP contribution in [0, 0.1) is 0 Å². The highest BCUT2D eigenvalue weighted by molar-refractivity contribution is 6.42. The summed E-state index contributed by atoms with van der Waals surface area (Å²) in [5.74, 6) is 0.230. The molecule has 5 nitrogen and oxygen atoms in total. The minimum atomic E-state index is -0.280. The highest BCUT2D eigenvalue weighted by atomic mass is 35.5. The van der Waals surface area contributed by atoms with Crippen molar-refractivity contribution in [2.45, 2.75) is 18.9 Å². The number of carbonyl (C=O) groups is 2. The lowest BCUT2D eigenvalue weighted by Gasteiger charge is -2.22. The number of anilines is 1. The van der Waals surface area contributed by atoms with E-state index in [0.29, 0.717) is 27.0 Å². The van der Waals surface area contributed by atoms with Crippen molar-refractivity contribution in [1.29, 1.82) is 0 Å². The Kier molecular flexibility index (Phi) is 5.69. The first kappa shape index (κ1) is 18.5. The number of hydrogen-bond donors (Lipinski definition) is 1. The number of nitrogens with zero attached hydrogens (tertiary/aromatic N) is 1. The van der Waals surface area contributed by atoms with Crippen LogP contribution in [-0.2, 0) is 4.79 Å². The number of methoxy groups -OCH3 is 1. The highest BCUT2D eigenvalue weighted by Gasteiger charge is 2.34. The van der Waals surface area contributed by atoms with E-state index in [1.807, 2.05) is 0 Å². The Morgan fingerprint density at radius 2 is 1.81 bits per heavy atom. The maximum atomic E-state index is 12.8. The van der Waals surface area contributed by atoms with Crippen LogP contribution in [0.4, 0.5) is 5.69 Å². The lowest BCUT2D eigenvalue weighted by molar-refractivity contribution is -0.117. The molecule has 0 radical (unpaired) electrons. The van der Waals surface area contributed by atoms with Gasteiger partial charge in [0.15, 0.2) is 0 Å². The summed E-state index contributed by atoms with van der Waals surface area (Å²) in [7, 11) is 1.57. The van der Waals surface area contributed by atoms with E-state index in [1.165, 1.54) is 0 Å². The lowest BCUT2D eigenvalue weighted by atomic mass is 10.2. The van der Waals surface area contributed by atoms with E-state index in [-0.39, 0.29) is 24.4 Å². The average Bonchev–Trinajstić information content (AvgIpc) is 3.47. The van der Waals surface area contributed by atoms with Crippen molar-refractivity contribution in [3.8, 4) is 5.75 Å². The highest BCUT2D eigenvalue weighted by Crippen LogP contribution is 2.29. The summed E-state index contributed by atoms with van der Waals surface area (Å²) in [5, 5.41) is 3.53. The zero-order valence-electron chi connectivity index (χ0n) is 14.2. The molecule has 3 rings (SSSR count). The number of amides is 2. The van der Waals surface area contributed by atoms with Crippen molar-refractivity contribution in [3.05, 3.63) is 58.1 Å². The first-order chi connectivity index (χ1) is 12.5. The van der Waals surface area contributed by atoms with Crippen LogP contribution in [0.15, 0.2) is 42.5 Å². The van der Waals surface area contributed by atoms with Gasteiger partial charge in [0, 0.05) is 17.3 Å². The molecule has 0 spiro atoms. The fraction of sp³-hybridized carbons (Fsp3) is 0.263. The Bertz CT molecular complexity index is 820. The predicted octanol–water partition coefficient (Wildman–Crippen LogP) is 4.25. The molecule has 136 valence electrons. The number of halogens is 2. The molecule has 0 bridgehead atoms. The number of carbonyl (C=O) groups excluding carboxylic acids is 2. The average molecular weight is 393 g/mol. The molecule has 2 amide bonds. The Labute approximate surface area is 161 Å². The molecule has 26 heavy (non-hydrogen) atoms. The summed E-state index contributed by atoms with van der Waals surface area (Å²) < 4.78 is 5.11. The topological polar surface area (TPSA) is 58.6 Å². The fourth-order valence-corrected chi connectivity index (χ4v) is 2.88. The smallest absolute Gasteiger partial charge is 0.254 e. The maximum absolute atomic E-state index is 12.8. The van der Waals surface area contributed by atoms with Gasteiger partial charge in [-0.1, -0.05) is 23.2 Å². The first-order valence-electron chi connectivity index (χ1n) is 8.18. The van der Waals surface area contributed by atoms with Crippen molar-refractivity contribution in [2.75, 3.05) is 19.0 Å². The number of benzene rings is 2. The van der Waals surface area contributed by atoms with Crippen LogP contribution in [-0.4, -0.2) is 36.4 Å². The fourth-order valence-electron chi connectivity index (χ4n) is 2.58. The van der Waals surface area contributed by atoms with E-state index in [1.54, 1.807) is 54.5 Å². The van der Waals surface area contributed by atoms with Crippen molar-refractivity contribution in [2.24, 2.45) is 0 Å². The SMILES string of the molecule is COc1ccc(C(=O)N(CC(=O)Nc2ccc(Cl)c(Cl)c2)C2CC2)cc1.